The van der Waals surface area contributed by atoms with Crippen molar-refractivity contribution in [3.05, 3.63) is 17.5 Å². The molecule has 1 amide bonds. The van der Waals surface area contributed by atoms with Gasteiger partial charge in [-0.1, -0.05) is 0 Å². The Kier molecular flexibility index (Phi) is 4.55. The Hall–Kier alpha value is -1.40. The molecule has 2 atom stereocenters. The molecule has 106 valence electrons. The first-order valence-corrected chi connectivity index (χ1v) is 6.78. The van der Waals surface area contributed by atoms with Gasteiger partial charge in [0.1, 0.15) is 0 Å². The van der Waals surface area contributed by atoms with Gasteiger partial charge in [-0.05, 0) is 33.2 Å². The lowest BCUT2D eigenvalue weighted by molar-refractivity contribution is 0.0865. The molecule has 1 aliphatic rings. The molecule has 6 heteroatoms. The molecule has 0 aliphatic carbocycles. The summed E-state index contributed by atoms with van der Waals surface area (Å²) in [5.41, 5.74) is 7.00. The third kappa shape index (κ3) is 3.13. The van der Waals surface area contributed by atoms with Gasteiger partial charge in [0.15, 0.2) is 0 Å². The van der Waals surface area contributed by atoms with Gasteiger partial charge in [0.05, 0.1) is 23.9 Å². The molecule has 1 fully saturated rings. The highest BCUT2D eigenvalue weighted by atomic mass is 16.5. The molecule has 1 aliphatic heterocycles. The smallest absolute Gasteiger partial charge is 0.255 e. The van der Waals surface area contributed by atoms with Crippen LogP contribution in [0.1, 0.15) is 35.8 Å². The summed E-state index contributed by atoms with van der Waals surface area (Å²) >= 11 is 0. The fraction of sp³-hybridized carbons (Fsp3) is 0.692. The Labute approximate surface area is 113 Å². The topological polar surface area (TPSA) is 82.2 Å². The number of nitrogens with one attached hydrogen (secondary N) is 1. The molecule has 0 spiro atoms. The number of hydrogen-bond acceptors (Lipinski definition) is 4. The maximum atomic E-state index is 12.2. The number of rotatable bonds is 5. The predicted molar refractivity (Wildman–Crippen MR) is 71.9 cm³/mol. The normalized spacial score (nSPS) is 22.7. The Balaban J connectivity index is 2.00. The molecular formula is C13H22N4O2. The van der Waals surface area contributed by atoms with E-state index < -0.39 is 0 Å². The number of ether oxygens (including phenoxy) is 1. The highest BCUT2D eigenvalue weighted by Crippen LogP contribution is 2.14. The number of amides is 1. The van der Waals surface area contributed by atoms with Crippen molar-refractivity contribution in [2.45, 2.75) is 45.4 Å². The first kappa shape index (κ1) is 14.0. The SMILES string of the molecule is Cc1c(C(=O)NC2CCOC2C)cnn1CCCN. The van der Waals surface area contributed by atoms with Gasteiger partial charge in [0.2, 0.25) is 0 Å². The standard InChI is InChI=1S/C13H22N4O2/c1-9-11(8-15-17(9)6-3-5-14)13(18)16-12-4-7-19-10(12)2/h8,10,12H,3-7,14H2,1-2H3,(H,16,18). The fourth-order valence-electron chi connectivity index (χ4n) is 2.30. The number of hydrogen-bond donors (Lipinski definition) is 2. The van der Waals surface area contributed by atoms with Gasteiger partial charge in [-0.2, -0.15) is 5.10 Å². The number of aryl methyl sites for hydroxylation is 1. The van der Waals surface area contributed by atoms with Crippen LogP contribution < -0.4 is 11.1 Å². The Morgan fingerprint density at radius 3 is 3.11 bits per heavy atom. The van der Waals surface area contributed by atoms with Crippen LogP contribution in [0.3, 0.4) is 0 Å². The fourth-order valence-corrected chi connectivity index (χ4v) is 2.30. The monoisotopic (exact) mass is 266 g/mol. The van der Waals surface area contributed by atoms with Gasteiger partial charge >= 0.3 is 0 Å². The van der Waals surface area contributed by atoms with Crippen molar-refractivity contribution in [2.75, 3.05) is 13.2 Å². The van der Waals surface area contributed by atoms with Crippen LogP contribution in [0.2, 0.25) is 0 Å². The molecule has 0 radical (unpaired) electrons. The van der Waals surface area contributed by atoms with Crippen molar-refractivity contribution in [1.82, 2.24) is 15.1 Å². The lowest BCUT2D eigenvalue weighted by atomic mass is 10.1. The molecule has 1 saturated heterocycles. The summed E-state index contributed by atoms with van der Waals surface area (Å²) in [6.45, 7) is 5.97. The minimum atomic E-state index is -0.0705. The molecule has 2 unspecified atom stereocenters. The number of carbonyl (C=O) groups is 1. The zero-order chi connectivity index (χ0) is 13.8. The van der Waals surface area contributed by atoms with E-state index in [1.165, 1.54) is 0 Å². The lowest BCUT2D eigenvalue weighted by Crippen LogP contribution is -2.39. The summed E-state index contributed by atoms with van der Waals surface area (Å²) in [7, 11) is 0. The van der Waals surface area contributed by atoms with Gasteiger partial charge < -0.3 is 15.8 Å². The van der Waals surface area contributed by atoms with Crippen molar-refractivity contribution in [3.8, 4) is 0 Å². The molecule has 1 aromatic heterocycles. The number of nitrogens with two attached hydrogens (primary N) is 1. The molecule has 0 saturated carbocycles. The molecule has 0 aromatic carbocycles. The molecular weight excluding hydrogens is 244 g/mol. The maximum Gasteiger partial charge on any atom is 0.255 e. The molecule has 3 N–H and O–H groups in total. The second kappa shape index (κ2) is 6.16. The van der Waals surface area contributed by atoms with Crippen molar-refractivity contribution in [1.29, 1.82) is 0 Å². The highest BCUT2D eigenvalue weighted by molar-refractivity contribution is 5.95. The van der Waals surface area contributed by atoms with E-state index in [0.29, 0.717) is 18.7 Å². The minimum absolute atomic E-state index is 0.0705. The number of carbonyl (C=O) groups excluding carboxylic acids is 1. The van der Waals surface area contributed by atoms with E-state index in [1.54, 1.807) is 6.20 Å². The summed E-state index contributed by atoms with van der Waals surface area (Å²) < 4.78 is 7.27. The predicted octanol–water partition coefficient (Wildman–Crippen LogP) is 0.448. The zero-order valence-electron chi connectivity index (χ0n) is 11.6. The summed E-state index contributed by atoms with van der Waals surface area (Å²) in [6.07, 6.45) is 3.43. The van der Waals surface area contributed by atoms with E-state index in [9.17, 15) is 4.79 Å². The van der Waals surface area contributed by atoms with E-state index >= 15 is 0 Å². The maximum absolute atomic E-state index is 12.2. The second-order valence-corrected chi connectivity index (χ2v) is 4.95. The van der Waals surface area contributed by atoms with E-state index in [2.05, 4.69) is 10.4 Å². The van der Waals surface area contributed by atoms with E-state index in [4.69, 9.17) is 10.5 Å². The second-order valence-electron chi connectivity index (χ2n) is 4.95. The highest BCUT2D eigenvalue weighted by Gasteiger charge is 2.27. The van der Waals surface area contributed by atoms with Crippen molar-refractivity contribution in [2.24, 2.45) is 5.73 Å². The van der Waals surface area contributed by atoms with Gasteiger partial charge in [-0.15, -0.1) is 0 Å². The lowest BCUT2D eigenvalue weighted by Gasteiger charge is -2.15. The number of nitrogens with zero attached hydrogens (tertiary/aromatic N) is 2. The van der Waals surface area contributed by atoms with Crippen molar-refractivity contribution >= 4 is 5.91 Å². The average molecular weight is 266 g/mol. The van der Waals surface area contributed by atoms with E-state index in [-0.39, 0.29) is 18.1 Å². The van der Waals surface area contributed by atoms with Gasteiger partial charge in [0.25, 0.3) is 5.91 Å². The summed E-state index contributed by atoms with van der Waals surface area (Å²) in [4.78, 5) is 12.2. The molecule has 2 rings (SSSR count). The van der Waals surface area contributed by atoms with Crippen LogP contribution in [-0.4, -0.2) is 41.0 Å². The molecule has 6 nitrogen and oxygen atoms in total. The van der Waals surface area contributed by atoms with Crippen LogP contribution >= 0.6 is 0 Å². The van der Waals surface area contributed by atoms with Gasteiger partial charge in [-0.25, -0.2) is 0 Å². The quantitative estimate of drug-likeness (QED) is 0.810. The van der Waals surface area contributed by atoms with Crippen LogP contribution in [0.15, 0.2) is 6.20 Å². The van der Waals surface area contributed by atoms with Crippen LogP contribution in [0, 0.1) is 6.92 Å². The average Bonchev–Trinajstić information content (AvgIpc) is 2.94. The third-order valence-corrected chi connectivity index (χ3v) is 3.61. The molecule has 0 bridgehead atoms. The minimum Gasteiger partial charge on any atom is -0.376 e. The van der Waals surface area contributed by atoms with Crippen LogP contribution in [-0.2, 0) is 11.3 Å². The summed E-state index contributed by atoms with van der Waals surface area (Å²) in [5.74, 6) is -0.0705. The molecule has 2 heterocycles. The van der Waals surface area contributed by atoms with Gasteiger partial charge in [0, 0.05) is 18.8 Å². The third-order valence-electron chi connectivity index (χ3n) is 3.61. The first-order valence-electron chi connectivity index (χ1n) is 6.78. The van der Waals surface area contributed by atoms with Crippen molar-refractivity contribution < 1.29 is 9.53 Å². The Bertz CT molecular complexity index is 444. The summed E-state index contributed by atoms with van der Waals surface area (Å²) in [6, 6.07) is 0.0966. The first-order chi connectivity index (χ1) is 9.13. The largest absolute Gasteiger partial charge is 0.376 e. The van der Waals surface area contributed by atoms with Crippen LogP contribution in [0.5, 0.6) is 0 Å². The molecule has 1 aromatic rings. The zero-order valence-corrected chi connectivity index (χ0v) is 11.6. The van der Waals surface area contributed by atoms with Gasteiger partial charge in [-0.3, -0.25) is 9.48 Å². The van der Waals surface area contributed by atoms with E-state index in [0.717, 1.165) is 25.1 Å². The van der Waals surface area contributed by atoms with Crippen LogP contribution in [0.25, 0.3) is 0 Å². The van der Waals surface area contributed by atoms with Crippen LogP contribution in [0.4, 0.5) is 0 Å². The Morgan fingerprint density at radius 1 is 1.68 bits per heavy atom. The van der Waals surface area contributed by atoms with E-state index in [1.807, 2.05) is 18.5 Å². The molecule has 19 heavy (non-hydrogen) atoms. The number of aromatic nitrogens is 2. The Morgan fingerprint density at radius 2 is 2.47 bits per heavy atom. The van der Waals surface area contributed by atoms with Crippen molar-refractivity contribution in [3.63, 3.8) is 0 Å². The summed E-state index contributed by atoms with van der Waals surface area (Å²) in [5, 5.41) is 7.25.